The van der Waals surface area contributed by atoms with Crippen LogP contribution in [0.1, 0.15) is 39.8 Å². The topological polar surface area (TPSA) is 12.4 Å². The van der Waals surface area contributed by atoms with Gasteiger partial charge in [-0.15, -0.1) is 22.7 Å². The Bertz CT molecular complexity index is 1380. The quantitative estimate of drug-likeness (QED) is 0.166. The first-order chi connectivity index (χ1) is 15.1. The van der Waals surface area contributed by atoms with E-state index in [1.54, 1.807) is 34.8 Å². The van der Waals surface area contributed by atoms with E-state index in [1.807, 2.05) is 6.07 Å². The molecule has 0 saturated carbocycles. The molecule has 4 aromatic rings. The lowest BCUT2D eigenvalue weighted by molar-refractivity contribution is 0.922. The zero-order valence-electron chi connectivity index (χ0n) is 16.7. The summed E-state index contributed by atoms with van der Waals surface area (Å²) in [5.74, 6) is 12.9. The van der Waals surface area contributed by atoms with Gasteiger partial charge in [0.15, 0.2) is 0 Å². The molecule has 0 fully saturated rings. The normalized spacial score (nSPS) is 10.0. The van der Waals surface area contributed by atoms with E-state index in [2.05, 4.69) is 89.4 Å². The SMILES string of the molecule is CCCc1ccc(C#Cc2cc3sc(C#Cc4ccc(N=C=S)c(Cl)c4)cc3s2)cc1. The number of benzene rings is 2. The average molecular weight is 474 g/mol. The number of thiophene rings is 2. The van der Waals surface area contributed by atoms with Gasteiger partial charge in [-0.3, -0.25) is 0 Å². The first-order valence-electron chi connectivity index (χ1n) is 9.68. The van der Waals surface area contributed by atoms with E-state index in [9.17, 15) is 0 Å². The van der Waals surface area contributed by atoms with Crippen molar-refractivity contribution >= 4 is 66.7 Å². The van der Waals surface area contributed by atoms with Crippen molar-refractivity contribution in [2.24, 2.45) is 4.99 Å². The first kappa shape index (κ1) is 21.5. The predicted octanol–water partition coefficient (Wildman–Crippen LogP) is 8.10. The van der Waals surface area contributed by atoms with Gasteiger partial charge in [0.2, 0.25) is 0 Å². The zero-order valence-corrected chi connectivity index (χ0v) is 19.9. The van der Waals surface area contributed by atoms with Gasteiger partial charge in [0.25, 0.3) is 0 Å². The summed E-state index contributed by atoms with van der Waals surface area (Å²) in [7, 11) is 0. The maximum atomic E-state index is 6.19. The van der Waals surface area contributed by atoms with Crippen LogP contribution in [-0.2, 0) is 6.42 Å². The highest BCUT2D eigenvalue weighted by atomic mass is 35.5. The number of aryl methyl sites for hydroxylation is 1. The monoisotopic (exact) mass is 473 g/mol. The molecule has 1 nitrogen and oxygen atoms in total. The van der Waals surface area contributed by atoms with Crippen LogP contribution in [0.15, 0.2) is 59.6 Å². The minimum absolute atomic E-state index is 0.513. The lowest BCUT2D eigenvalue weighted by Crippen LogP contribution is -1.82. The van der Waals surface area contributed by atoms with Crippen molar-refractivity contribution in [2.45, 2.75) is 19.8 Å². The van der Waals surface area contributed by atoms with Crippen LogP contribution in [0, 0.1) is 23.7 Å². The number of aliphatic imine (C=N–C) groups is 1. The Morgan fingerprint density at radius 1 is 0.839 bits per heavy atom. The lowest BCUT2D eigenvalue weighted by Gasteiger charge is -1.97. The molecule has 2 heterocycles. The summed E-state index contributed by atoms with van der Waals surface area (Å²) in [4.78, 5) is 6.01. The second kappa shape index (κ2) is 10.1. The number of nitrogens with zero attached hydrogens (tertiary/aromatic N) is 1. The van der Waals surface area contributed by atoms with Gasteiger partial charge >= 0.3 is 0 Å². The summed E-state index contributed by atoms with van der Waals surface area (Å²) in [6, 6.07) is 18.2. The summed E-state index contributed by atoms with van der Waals surface area (Å²) in [5.41, 5.74) is 3.84. The van der Waals surface area contributed by atoms with Gasteiger partial charge in [0.05, 0.1) is 25.6 Å². The summed E-state index contributed by atoms with van der Waals surface area (Å²) in [5, 5.41) is 2.84. The molecule has 2 aromatic carbocycles. The van der Waals surface area contributed by atoms with E-state index in [0.29, 0.717) is 10.7 Å². The Labute approximate surface area is 200 Å². The molecule has 0 aliphatic heterocycles. The van der Waals surface area contributed by atoms with E-state index in [4.69, 9.17) is 11.6 Å². The Kier molecular flexibility index (Phi) is 7.00. The van der Waals surface area contributed by atoms with Crippen molar-refractivity contribution in [3.8, 4) is 23.7 Å². The third-order valence-corrected chi connectivity index (χ3v) is 6.99. The highest BCUT2D eigenvalue weighted by Crippen LogP contribution is 2.32. The predicted molar refractivity (Wildman–Crippen MR) is 138 cm³/mol. The van der Waals surface area contributed by atoms with Crippen molar-refractivity contribution in [3.63, 3.8) is 0 Å². The Balaban J connectivity index is 1.49. The fraction of sp³-hybridized carbons (Fsp3) is 0.115. The molecule has 150 valence electrons. The summed E-state index contributed by atoms with van der Waals surface area (Å²) < 4.78 is 2.42. The van der Waals surface area contributed by atoms with Gasteiger partial charge in [-0.1, -0.05) is 60.8 Å². The number of rotatable bonds is 3. The smallest absolute Gasteiger partial charge is 0.0926 e. The van der Waals surface area contributed by atoms with Crippen LogP contribution in [0.2, 0.25) is 5.02 Å². The van der Waals surface area contributed by atoms with Crippen LogP contribution in [0.3, 0.4) is 0 Å². The van der Waals surface area contributed by atoms with E-state index in [0.717, 1.165) is 33.7 Å². The molecule has 0 amide bonds. The Hall–Kier alpha value is -2.69. The van der Waals surface area contributed by atoms with Crippen LogP contribution >= 0.6 is 46.5 Å². The number of hydrogen-bond donors (Lipinski definition) is 0. The molecule has 0 radical (unpaired) electrons. The fourth-order valence-corrected chi connectivity index (χ4v) is 5.42. The van der Waals surface area contributed by atoms with Crippen molar-refractivity contribution in [3.05, 3.63) is 86.1 Å². The lowest BCUT2D eigenvalue weighted by atomic mass is 10.1. The molecule has 2 aromatic heterocycles. The van der Waals surface area contributed by atoms with E-state index in [-0.39, 0.29) is 0 Å². The third kappa shape index (κ3) is 5.52. The van der Waals surface area contributed by atoms with Crippen LogP contribution in [0.25, 0.3) is 9.40 Å². The van der Waals surface area contributed by atoms with Gasteiger partial charge in [0.1, 0.15) is 0 Å². The molecule has 31 heavy (non-hydrogen) atoms. The molecule has 0 atom stereocenters. The standard InChI is InChI=1S/C26H16ClNS3/c1-2-3-18-4-6-19(7-5-18)8-11-21-15-25-26(30-21)16-22(31-25)12-9-20-10-13-24(28-17-29)23(27)14-20/h4-7,10,13-16H,2-3H2,1H3. The number of halogens is 1. The van der Waals surface area contributed by atoms with Gasteiger partial charge in [-0.25, -0.2) is 0 Å². The van der Waals surface area contributed by atoms with E-state index in [1.165, 1.54) is 15.0 Å². The summed E-state index contributed by atoms with van der Waals surface area (Å²) >= 11 is 14.2. The first-order valence-corrected chi connectivity index (χ1v) is 12.1. The molecule has 0 saturated heterocycles. The van der Waals surface area contributed by atoms with Crippen LogP contribution in [-0.4, -0.2) is 5.16 Å². The third-order valence-electron chi connectivity index (χ3n) is 4.47. The van der Waals surface area contributed by atoms with E-state index >= 15 is 0 Å². The highest BCUT2D eigenvalue weighted by molar-refractivity contribution is 7.78. The molecule has 0 bridgehead atoms. The summed E-state index contributed by atoms with van der Waals surface area (Å²) in [6.07, 6.45) is 2.27. The number of thiocarbonyl (C=S) groups is 1. The molecule has 0 N–H and O–H groups in total. The maximum Gasteiger partial charge on any atom is 0.0926 e. The Morgan fingerprint density at radius 3 is 2.03 bits per heavy atom. The zero-order chi connectivity index (χ0) is 21.6. The van der Waals surface area contributed by atoms with Crippen molar-refractivity contribution in [2.75, 3.05) is 0 Å². The summed E-state index contributed by atoms with van der Waals surface area (Å²) in [6.45, 7) is 2.19. The van der Waals surface area contributed by atoms with Crippen LogP contribution in [0.4, 0.5) is 5.69 Å². The number of isothiocyanates is 1. The van der Waals surface area contributed by atoms with Crippen LogP contribution < -0.4 is 0 Å². The molecular weight excluding hydrogens is 458 g/mol. The van der Waals surface area contributed by atoms with Crippen molar-refractivity contribution < 1.29 is 0 Å². The minimum atomic E-state index is 0.513. The van der Waals surface area contributed by atoms with E-state index < -0.39 is 0 Å². The average Bonchev–Trinajstić information content (AvgIpc) is 3.32. The molecule has 0 aliphatic rings. The van der Waals surface area contributed by atoms with Crippen molar-refractivity contribution in [1.82, 2.24) is 0 Å². The number of hydrogen-bond acceptors (Lipinski definition) is 4. The maximum absolute atomic E-state index is 6.19. The molecule has 0 spiro atoms. The highest BCUT2D eigenvalue weighted by Gasteiger charge is 2.05. The largest absolute Gasteiger partial charge is 0.193 e. The Morgan fingerprint density at radius 2 is 1.45 bits per heavy atom. The molecule has 0 aliphatic carbocycles. The second-order valence-electron chi connectivity index (χ2n) is 6.77. The second-order valence-corrected chi connectivity index (χ2v) is 9.52. The van der Waals surface area contributed by atoms with Gasteiger partial charge in [-0.05, 0) is 66.7 Å². The molecule has 5 heteroatoms. The fourth-order valence-electron chi connectivity index (χ4n) is 2.99. The molecule has 4 rings (SSSR count). The van der Waals surface area contributed by atoms with Crippen LogP contribution in [0.5, 0.6) is 0 Å². The van der Waals surface area contributed by atoms with Gasteiger partial charge in [-0.2, -0.15) is 4.99 Å². The molecular formula is C26H16ClNS3. The minimum Gasteiger partial charge on any atom is -0.193 e. The van der Waals surface area contributed by atoms with Crippen molar-refractivity contribution in [1.29, 1.82) is 0 Å². The molecule has 0 unspecified atom stereocenters. The van der Waals surface area contributed by atoms with Gasteiger partial charge < -0.3 is 0 Å². The number of fused-ring (bicyclic) bond motifs is 1. The van der Waals surface area contributed by atoms with Gasteiger partial charge in [0, 0.05) is 20.5 Å².